The number of aliphatic carboxylic acids is 1. The largest absolute Gasteiger partial charge is 0.481 e. The zero-order valence-electron chi connectivity index (χ0n) is 12.4. The fraction of sp³-hybridized carbons (Fsp3) is 0.857. The van der Waals surface area contributed by atoms with E-state index in [1.165, 1.54) is 0 Å². The monoisotopic (exact) mass is 300 g/mol. The first-order valence-electron chi connectivity index (χ1n) is 7.45. The normalized spacial score (nSPS) is 30.2. The maximum Gasteiger partial charge on any atom is 0.313 e. The predicted molar refractivity (Wildman–Crippen MR) is 75.0 cm³/mol. The Kier molecular flexibility index (Phi) is 5.55. The Balaban J connectivity index is 1.70. The summed E-state index contributed by atoms with van der Waals surface area (Å²) in [6.07, 6.45) is 2.40. The van der Waals surface area contributed by atoms with Crippen molar-refractivity contribution in [1.82, 2.24) is 10.6 Å². The lowest BCUT2D eigenvalue weighted by atomic mass is 9.85. The maximum absolute atomic E-state index is 11.9. The van der Waals surface area contributed by atoms with E-state index < -0.39 is 17.4 Å². The molecule has 0 spiro atoms. The van der Waals surface area contributed by atoms with Gasteiger partial charge in [-0.15, -0.1) is 0 Å². The molecule has 0 aliphatic carbocycles. The highest BCUT2D eigenvalue weighted by Gasteiger charge is 2.47. The molecule has 2 rings (SSSR count). The molecular weight excluding hydrogens is 276 g/mol. The number of hydrogen-bond acceptors (Lipinski definition) is 5. The third kappa shape index (κ3) is 4.15. The van der Waals surface area contributed by atoms with Crippen LogP contribution in [0.5, 0.6) is 0 Å². The minimum absolute atomic E-state index is 0.124. The average molecular weight is 300 g/mol. The quantitative estimate of drug-likeness (QED) is 0.626. The number of carboxylic acids is 1. The standard InChI is InChI=1S/C14H24N2O5/c1-14(13(18)19)9-20-8-11(14)16-12(17)4-7-21-10-2-5-15-6-3-10/h10-11,15H,2-9H2,1H3,(H,16,17)(H,18,19). The molecule has 2 atom stereocenters. The summed E-state index contributed by atoms with van der Waals surface area (Å²) in [5, 5.41) is 15.2. The van der Waals surface area contributed by atoms with Gasteiger partial charge in [-0.1, -0.05) is 0 Å². The highest BCUT2D eigenvalue weighted by atomic mass is 16.5. The van der Waals surface area contributed by atoms with Crippen molar-refractivity contribution in [3.05, 3.63) is 0 Å². The summed E-state index contributed by atoms with van der Waals surface area (Å²) in [7, 11) is 0. The van der Waals surface area contributed by atoms with E-state index >= 15 is 0 Å². The Morgan fingerprint density at radius 3 is 2.81 bits per heavy atom. The number of ether oxygens (including phenoxy) is 2. The molecule has 2 unspecified atom stereocenters. The zero-order valence-corrected chi connectivity index (χ0v) is 12.4. The molecule has 1 amide bonds. The molecule has 2 fully saturated rings. The van der Waals surface area contributed by atoms with Gasteiger partial charge in [0.1, 0.15) is 5.41 Å². The molecule has 7 heteroatoms. The van der Waals surface area contributed by atoms with E-state index in [4.69, 9.17) is 9.47 Å². The van der Waals surface area contributed by atoms with Crippen LogP contribution in [0.4, 0.5) is 0 Å². The summed E-state index contributed by atoms with van der Waals surface area (Å²) >= 11 is 0. The maximum atomic E-state index is 11.9. The second kappa shape index (κ2) is 7.20. The van der Waals surface area contributed by atoms with Crippen LogP contribution in [0.3, 0.4) is 0 Å². The van der Waals surface area contributed by atoms with Gasteiger partial charge < -0.3 is 25.2 Å². The van der Waals surface area contributed by atoms with Crippen LogP contribution in [-0.4, -0.2) is 62.0 Å². The van der Waals surface area contributed by atoms with Crippen molar-refractivity contribution in [3.8, 4) is 0 Å². The Morgan fingerprint density at radius 1 is 1.43 bits per heavy atom. The Labute approximate surface area is 124 Å². The molecule has 0 radical (unpaired) electrons. The highest BCUT2D eigenvalue weighted by Crippen LogP contribution is 2.28. The lowest BCUT2D eigenvalue weighted by Crippen LogP contribution is -2.49. The number of nitrogens with one attached hydrogen (secondary N) is 2. The number of carbonyl (C=O) groups is 2. The minimum atomic E-state index is -1.05. The van der Waals surface area contributed by atoms with Crippen molar-refractivity contribution < 1.29 is 24.2 Å². The van der Waals surface area contributed by atoms with Crippen molar-refractivity contribution >= 4 is 11.9 Å². The topological polar surface area (TPSA) is 96.9 Å². The van der Waals surface area contributed by atoms with Gasteiger partial charge >= 0.3 is 5.97 Å². The summed E-state index contributed by atoms with van der Waals surface area (Å²) in [5.74, 6) is -1.14. The predicted octanol–water partition coefficient (Wildman–Crippen LogP) is -0.249. The van der Waals surface area contributed by atoms with Crippen molar-refractivity contribution in [3.63, 3.8) is 0 Å². The van der Waals surface area contributed by atoms with Gasteiger partial charge in [0.05, 0.1) is 32.0 Å². The van der Waals surface area contributed by atoms with Gasteiger partial charge in [-0.3, -0.25) is 9.59 Å². The SMILES string of the molecule is CC1(C(=O)O)COCC1NC(=O)CCOC1CCNCC1. The van der Waals surface area contributed by atoms with Crippen LogP contribution < -0.4 is 10.6 Å². The number of carboxylic acid groups (broad SMARTS) is 1. The van der Waals surface area contributed by atoms with E-state index in [0.29, 0.717) is 6.61 Å². The van der Waals surface area contributed by atoms with Crippen LogP contribution in [0.15, 0.2) is 0 Å². The molecule has 2 saturated heterocycles. The molecule has 0 bridgehead atoms. The second-order valence-corrected chi connectivity index (χ2v) is 5.93. The van der Waals surface area contributed by atoms with Crippen LogP contribution in [0.25, 0.3) is 0 Å². The summed E-state index contributed by atoms with van der Waals surface area (Å²) in [5.41, 5.74) is -1.05. The van der Waals surface area contributed by atoms with Crippen molar-refractivity contribution in [2.75, 3.05) is 32.9 Å². The second-order valence-electron chi connectivity index (χ2n) is 5.93. The molecular formula is C14H24N2O5. The molecule has 120 valence electrons. The van der Waals surface area contributed by atoms with Crippen molar-refractivity contribution in [2.24, 2.45) is 5.41 Å². The molecule has 2 aliphatic rings. The van der Waals surface area contributed by atoms with E-state index in [2.05, 4.69) is 10.6 Å². The number of carbonyl (C=O) groups excluding carboxylic acids is 1. The summed E-state index contributed by atoms with van der Waals surface area (Å²) < 4.78 is 10.9. The van der Waals surface area contributed by atoms with E-state index in [9.17, 15) is 14.7 Å². The van der Waals surface area contributed by atoms with Gasteiger partial charge in [-0.25, -0.2) is 0 Å². The summed E-state index contributed by atoms with van der Waals surface area (Å²) in [6, 6.07) is -0.485. The van der Waals surface area contributed by atoms with E-state index in [1.807, 2.05) is 0 Å². The van der Waals surface area contributed by atoms with Gasteiger partial charge in [0.15, 0.2) is 0 Å². The molecule has 0 aromatic carbocycles. The molecule has 0 saturated carbocycles. The molecule has 3 N–H and O–H groups in total. The first kappa shape index (κ1) is 16.2. The molecule has 2 aliphatic heterocycles. The molecule has 0 aromatic heterocycles. The Hall–Kier alpha value is -1.18. The van der Waals surface area contributed by atoms with Crippen LogP contribution in [-0.2, 0) is 19.1 Å². The Morgan fingerprint density at radius 2 is 2.14 bits per heavy atom. The van der Waals surface area contributed by atoms with Gasteiger partial charge in [0.25, 0.3) is 0 Å². The smallest absolute Gasteiger partial charge is 0.313 e. The van der Waals surface area contributed by atoms with Crippen LogP contribution in [0, 0.1) is 5.41 Å². The van der Waals surface area contributed by atoms with Gasteiger partial charge in [0.2, 0.25) is 5.91 Å². The molecule has 7 nitrogen and oxygen atoms in total. The molecule has 2 heterocycles. The minimum Gasteiger partial charge on any atom is -0.481 e. The zero-order chi connectivity index (χ0) is 15.3. The number of rotatable bonds is 6. The third-order valence-corrected chi connectivity index (χ3v) is 4.25. The molecule has 21 heavy (non-hydrogen) atoms. The Bertz CT molecular complexity index is 384. The highest BCUT2D eigenvalue weighted by molar-refractivity contribution is 5.80. The van der Waals surface area contributed by atoms with Crippen LogP contribution in [0.1, 0.15) is 26.2 Å². The summed E-state index contributed by atoms with van der Waals surface area (Å²) in [6.45, 7) is 4.23. The van der Waals surface area contributed by atoms with Crippen molar-refractivity contribution in [1.29, 1.82) is 0 Å². The van der Waals surface area contributed by atoms with E-state index in [1.54, 1.807) is 6.92 Å². The van der Waals surface area contributed by atoms with Crippen molar-refractivity contribution in [2.45, 2.75) is 38.3 Å². The van der Waals surface area contributed by atoms with Gasteiger partial charge in [0, 0.05) is 6.42 Å². The van der Waals surface area contributed by atoms with Gasteiger partial charge in [-0.05, 0) is 32.9 Å². The molecule has 0 aromatic rings. The first-order chi connectivity index (χ1) is 10.0. The lowest BCUT2D eigenvalue weighted by Gasteiger charge is -2.26. The average Bonchev–Trinajstić information content (AvgIpc) is 2.83. The number of hydrogen-bond donors (Lipinski definition) is 3. The fourth-order valence-electron chi connectivity index (χ4n) is 2.63. The van der Waals surface area contributed by atoms with Crippen LogP contribution >= 0.6 is 0 Å². The third-order valence-electron chi connectivity index (χ3n) is 4.25. The first-order valence-corrected chi connectivity index (χ1v) is 7.45. The summed E-state index contributed by atoms with van der Waals surface area (Å²) in [4.78, 5) is 23.2. The fourth-order valence-corrected chi connectivity index (χ4v) is 2.63. The van der Waals surface area contributed by atoms with Gasteiger partial charge in [-0.2, -0.15) is 0 Å². The number of amides is 1. The van der Waals surface area contributed by atoms with E-state index in [0.717, 1.165) is 25.9 Å². The van der Waals surface area contributed by atoms with E-state index in [-0.39, 0.29) is 31.6 Å². The van der Waals surface area contributed by atoms with Crippen LogP contribution in [0.2, 0.25) is 0 Å². The number of piperidine rings is 1. The lowest BCUT2D eigenvalue weighted by molar-refractivity contribution is -0.149.